The molecule has 3 aromatic rings. The van der Waals surface area contributed by atoms with Gasteiger partial charge in [0.15, 0.2) is 11.6 Å². The topological polar surface area (TPSA) is 108 Å². The van der Waals surface area contributed by atoms with Gasteiger partial charge in [-0.1, -0.05) is 11.6 Å². The van der Waals surface area contributed by atoms with E-state index in [1.807, 2.05) is 20.8 Å². The summed E-state index contributed by atoms with van der Waals surface area (Å²) in [5.41, 5.74) is 0.496. The second kappa shape index (κ2) is 11.4. The molecule has 1 amide bonds. The first kappa shape index (κ1) is 27.1. The van der Waals surface area contributed by atoms with Gasteiger partial charge in [0.1, 0.15) is 34.3 Å². The van der Waals surface area contributed by atoms with Gasteiger partial charge in [-0.25, -0.2) is 24.1 Å². The molecule has 2 aliphatic heterocycles. The number of halogens is 2. The minimum Gasteiger partial charge on any atom is -0.492 e. The van der Waals surface area contributed by atoms with Gasteiger partial charge in [-0.15, -0.1) is 0 Å². The Morgan fingerprint density at radius 2 is 2.08 bits per heavy atom. The van der Waals surface area contributed by atoms with E-state index in [1.165, 1.54) is 6.33 Å². The van der Waals surface area contributed by atoms with Gasteiger partial charge in [0.2, 0.25) is 5.88 Å². The standard InChI is InChI=1S/C27H31ClFN5O5/c1-27(2,3)39-26(35)34-10-8-17(12-34)38-21-7-5-19-24(33-21)25(31-15-30-19)32-18-4-6-20(22(28)23(18)29)37-14-16-9-11-36-13-16/h4-7,15-17H,8-14H2,1-3H3,(H,30,31,32)/t16?,17-/m0/s1. The average Bonchev–Trinajstić information content (AvgIpc) is 3.58. The number of fused-ring (bicyclic) bond motifs is 1. The summed E-state index contributed by atoms with van der Waals surface area (Å²) < 4.78 is 37.8. The Morgan fingerprint density at radius 1 is 1.23 bits per heavy atom. The normalized spacial score (nSPS) is 19.4. The highest BCUT2D eigenvalue weighted by Crippen LogP contribution is 2.35. The maximum Gasteiger partial charge on any atom is 0.410 e. The number of hydrogen-bond acceptors (Lipinski definition) is 9. The molecule has 0 spiro atoms. The van der Waals surface area contributed by atoms with Gasteiger partial charge in [-0.3, -0.25) is 0 Å². The van der Waals surface area contributed by atoms with Gasteiger partial charge >= 0.3 is 6.09 Å². The predicted molar refractivity (Wildman–Crippen MR) is 143 cm³/mol. The molecule has 0 saturated carbocycles. The zero-order chi connectivity index (χ0) is 27.6. The van der Waals surface area contributed by atoms with E-state index in [1.54, 1.807) is 29.2 Å². The van der Waals surface area contributed by atoms with Crippen molar-refractivity contribution in [1.82, 2.24) is 19.9 Å². The molecule has 208 valence electrons. The van der Waals surface area contributed by atoms with Gasteiger partial charge in [0, 0.05) is 31.6 Å². The number of nitrogens with one attached hydrogen (secondary N) is 1. The van der Waals surface area contributed by atoms with E-state index in [0.29, 0.717) is 62.1 Å². The van der Waals surface area contributed by atoms with Crippen LogP contribution in [0.25, 0.3) is 11.0 Å². The van der Waals surface area contributed by atoms with E-state index in [2.05, 4.69) is 20.3 Å². The molecule has 2 aliphatic rings. The molecule has 2 fully saturated rings. The fourth-order valence-corrected chi connectivity index (χ4v) is 4.58. The number of aromatic nitrogens is 3. The maximum absolute atomic E-state index is 15.2. The molecule has 0 radical (unpaired) electrons. The van der Waals surface area contributed by atoms with Gasteiger partial charge in [0.05, 0.1) is 31.0 Å². The summed E-state index contributed by atoms with van der Waals surface area (Å²) in [5, 5.41) is 2.85. The Kier molecular flexibility index (Phi) is 7.90. The first-order chi connectivity index (χ1) is 18.7. The molecular formula is C27H31ClFN5O5. The van der Waals surface area contributed by atoms with Crippen molar-refractivity contribution in [2.24, 2.45) is 5.92 Å². The third-order valence-electron chi connectivity index (χ3n) is 6.34. The molecule has 1 unspecified atom stereocenters. The molecule has 2 saturated heterocycles. The van der Waals surface area contributed by atoms with Crippen molar-refractivity contribution in [3.8, 4) is 11.6 Å². The Morgan fingerprint density at radius 3 is 2.85 bits per heavy atom. The van der Waals surface area contributed by atoms with Gasteiger partial charge in [-0.2, -0.15) is 0 Å². The van der Waals surface area contributed by atoms with E-state index in [9.17, 15) is 4.79 Å². The molecule has 5 rings (SSSR count). The van der Waals surface area contributed by atoms with Crippen LogP contribution in [0.2, 0.25) is 5.02 Å². The van der Waals surface area contributed by atoms with Crippen LogP contribution in [0.15, 0.2) is 30.6 Å². The summed E-state index contributed by atoms with van der Waals surface area (Å²) in [5.74, 6) is 0.504. The van der Waals surface area contributed by atoms with Crippen LogP contribution in [0.5, 0.6) is 11.6 Å². The third kappa shape index (κ3) is 6.59. The average molecular weight is 560 g/mol. The fourth-order valence-electron chi connectivity index (χ4n) is 4.36. The number of carbonyl (C=O) groups is 1. The van der Waals surface area contributed by atoms with Gasteiger partial charge < -0.3 is 29.2 Å². The Balaban J connectivity index is 1.28. The number of ether oxygens (including phenoxy) is 4. The molecule has 39 heavy (non-hydrogen) atoms. The van der Waals surface area contributed by atoms with Crippen molar-refractivity contribution in [2.75, 3.05) is 38.2 Å². The second-order valence-electron chi connectivity index (χ2n) is 10.6. The van der Waals surface area contributed by atoms with Crippen LogP contribution in [0, 0.1) is 11.7 Å². The monoisotopic (exact) mass is 559 g/mol. The first-order valence-electron chi connectivity index (χ1n) is 12.9. The Labute approximate surface area is 230 Å². The molecule has 1 N–H and O–H groups in total. The highest BCUT2D eigenvalue weighted by molar-refractivity contribution is 6.32. The molecule has 10 nitrogen and oxygen atoms in total. The molecule has 0 bridgehead atoms. The fraction of sp³-hybridized carbons (Fsp3) is 0.481. The molecule has 2 aromatic heterocycles. The quantitative estimate of drug-likeness (QED) is 0.409. The predicted octanol–water partition coefficient (Wildman–Crippen LogP) is 5.36. The summed E-state index contributed by atoms with van der Waals surface area (Å²) in [7, 11) is 0. The highest BCUT2D eigenvalue weighted by atomic mass is 35.5. The summed E-state index contributed by atoms with van der Waals surface area (Å²) in [6, 6.07) is 6.61. The number of carbonyl (C=O) groups excluding carboxylic acids is 1. The van der Waals surface area contributed by atoms with E-state index in [0.717, 1.165) is 6.42 Å². The summed E-state index contributed by atoms with van der Waals surface area (Å²) in [6.07, 6.45) is 2.29. The summed E-state index contributed by atoms with van der Waals surface area (Å²) in [6.45, 7) is 8.14. The number of hydrogen-bond donors (Lipinski definition) is 1. The third-order valence-corrected chi connectivity index (χ3v) is 6.69. The van der Waals surface area contributed by atoms with Crippen molar-refractivity contribution in [3.63, 3.8) is 0 Å². The van der Waals surface area contributed by atoms with Crippen molar-refractivity contribution < 1.29 is 28.1 Å². The van der Waals surface area contributed by atoms with E-state index in [-0.39, 0.29) is 34.6 Å². The SMILES string of the molecule is CC(C)(C)OC(=O)N1CC[C@H](Oc2ccc3ncnc(Nc4ccc(OCC5CCOC5)c(Cl)c4F)c3n2)C1. The second-order valence-corrected chi connectivity index (χ2v) is 11.0. The maximum atomic E-state index is 15.2. The van der Waals surface area contributed by atoms with E-state index in [4.69, 9.17) is 30.5 Å². The van der Waals surface area contributed by atoms with Crippen LogP contribution in [0.3, 0.4) is 0 Å². The van der Waals surface area contributed by atoms with Crippen molar-refractivity contribution in [1.29, 1.82) is 0 Å². The van der Waals surface area contributed by atoms with Crippen LogP contribution in [-0.2, 0) is 9.47 Å². The van der Waals surface area contributed by atoms with Crippen molar-refractivity contribution in [3.05, 3.63) is 41.4 Å². The minimum absolute atomic E-state index is 0.119. The number of amides is 1. The number of likely N-dealkylation sites (tertiary alicyclic amines) is 1. The van der Waals surface area contributed by atoms with Crippen molar-refractivity contribution >= 4 is 40.2 Å². The zero-order valence-electron chi connectivity index (χ0n) is 22.1. The van der Waals surface area contributed by atoms with E-state index >= 15 is 4.39 Å². The lowest BCUT2D eigenvalue weighted by Gasteiger charge is -2.24. The minimum atomic E-state index is -0.663. The molecular weight excluding hydrogens is 529 g/mol. The van der Waals surface area contributed by atoms with Crippen LogP contribution >= 0.6 is 11.6 Å². The lowest BCUT2D eigenvalue weighted by molar-refractivity contribution is 0.0275. The largest absolute Gasteiger partial charge is 0.492 e. The van der Waals surface area contributed by atoms with Gasteiger partial charge in [0.25, 0.3) is 0 Å². The number of rotatable bonds is 7. The smallest absolute Gasteiger partial charge is 0.410 e. The Hall–Kier alpha value is -3.44. The lowest BCUT2D eigenvalue weighted by Crippen LogP contribution is -2.36. The number of pyridine rings is 1. The van der Waals surface area contributed by atoms with Crippen molar-refractivity contribution in [2.45, 2.75) is 45.3 Å². The molecule has 12 heteroatoms. The first-order valence-corrected chi connectivity index (χ1v) is 13.3. The van der Waals surface area contributed by atoms with Crippen LogP contribution < -0.4 is 14.8 Å². The zero-order valence-corrected chi connectivity index (χ0v) is 22.8. The van der Waals surface area contributed by atoms with Crippen LogP contribution in [-0.4, -0.2) is 70.6 Å². The highest BCUT2D eigenvalue weighted by Gasteiger charge is 2.31. The molecule has 4 heterocycles. The molecule has 2 atom stereocenters. The van der Waals surface area contributed by atoms with E-state index < -0.39 is 11.4 Å². The van der Waals surface area contributed by atoms with Crippen LogP contribution in [0.4, 0.5) is 20.7 Å². The lowest BCUT2D eigenvalue weighted by atomic mass is 10.1. The van der Waals surface area contributed by atoms with Gasteiger partial charge in [-0.05, 0) is 45.4 Å². The number of nitrogens with zero attached hydrogens (tertiary/aromatic N) is 4. The summed E-state index contributed by atoms with van der Waals surface area (Å²) >= 11 is 6.28. The Bertz CT molecular complexity index is 1350. The number of anilines is 2. The summed E-state index contributed by atoms with van der Waals surface area (Å²) in [4.78, 5) is 27.1. The number of benzene rings is 1. The molecule has 1 aromatic carbocycles. The molecule has 0 aliphatic carbocycles. The van der Waals surface area contributed by atoms with Crippen LogP contribution in [0.1, 0.15) is 33.6 Å².